The van der Waals surface area contributed by atoms with E-state index in [0.717, 1.165) is 28.1 Å². The molecule has 0 bridgehead atoms. The molecule has 7 nitrogen and oxygen atoms in total. The van der Waals surface area contributed by atoms with Gasteiger partial charge in [-0.05, 0) is 43.3 Å². The summed E-state index contributed by atoms with van der Waals surface area (Å²) in [6.07, 6.45) is 1.65. The summed E-state index contributed by atoms with van der Waals surface area (Å²) in [7, 11) is 1.64. The number of Topliss-reactive ketones (excluding diaryl/α,β-unsaturated/α-hetero) is 1. The van der Waals surface area contributed by atoms with Gasteiger partial charge in [0, 0.05) is 11.3 Å². The molecule has 0 aliphatic rings. The summed E-state index contributed by atoms with van der Waals surface area (Å²) in [5.74, 6) is 3.50. The lowest BCUT2D eigenvalue weighted by molar-refractivity contribution is 0.101. The number of para-hydroxylation sites is 1. The van der Waals surface area contributed by atoms with E-state index in [-0.39, 0.29) is 5.78 Å². The number of carbonyl (C=O) groups is 1. The average Bonchev–Trinajstić information content (AvgIpc) is 3.47. The Morgan fingerprint density at radius 2 is 1.97 bits per heavy atom. The molecule has 2 aromatic heterocycles. The highest BCUT2D eigenvalue weighted by molar-refractivity contribution is 7.99. The fraction of sp³-hybridized carbons (Fsp3) is 0.208. The lowest BCUT2D eigenvalue weighted by Gasteiger charge is -2.11. The Morgan fingerprint density at radius 3 is 2.75 bits per heavy atom. The Balaban J connectivity index is 1.51. The predicted molar refractivity (Wildman–Crippen MR) is 122 cm³/mol. The van der Waals surface area contributed by atoms with E-state index in [4.69, 9.17) is 13.9 Å². The van der Waals surface area contributed by atoms with E-state index < -0.39 is 0 Å². The molecule has 0 aliphatic heterocycles. The van der Waals surface area contributed by atoms with Crippen LogP contribution < -0.4 is 9.47 Å². The number of nitrogens with zero attached hydrogens (tertiary/aromatic N) is 3. The van der Waals surface area contributed by atoms with E-state index >= 15 is 0 Å². The van der Waals surface area contributed by atoms with Crippen LogP contribution in [0.5, 0.6) is 11.5 Å². The van der Waals surface area contributed by atoms with Crippen LogP contribution in [0.4, 0.5) is 0 Å². The number of carbonyl (C=O) groups excluding carboxylic acids is 1. The Hall–Kier alpha value is -3.52. The Labute approximate surface area is 190 Å². The average molecular weight is 450 g/mol. The molecule has 0 saturated carbocycles. The second-order valence-corrected chi connectivity index (χ2v) is 8.01. The smallest absolute Gasteiger partial charge is 0.192 e. The summed E-state index contributed by atoms with van der Waals surface area (Å²) in [4.78, 5) is 11.8. The minimum Gasteiger partial charge on any atom is -0.497 e. The number of furan rings is 1. The third-order valence-corrected chi connectivity index (χ3v) is 5.71. The van der Waals surface area contributed by atoms with Crippen LogP contribution in [-0.2, 0) is 6.54 Å². The van der Waals surface area contributed by atoms with Crippen molar-refractivity contribution in [1.82, 2.24) is 14.8 Å². The first-order chi connectivity index (χ1) is 15.7. The fourth-order valence-electron chi connectivity index (χ4n) is 3.24. The molecule has 0 unspecified atom stereocenters. The lowest BCUT2D eigenvalue weighted by atomic mass is 10.1. The number of ketones is 1. The molecule has 0 aliphatic carbocycles. The second kappa shape index (κ2) is 10.2. The predicted octanol–water partition coefficient (Wildman–Crippen LogP) is 4.97. The zero-order valence-electron chi connectivity index (χ0n) is 17.9. The van der Waals surface area contributed by atoms with Gasteiger partial charge in [-0.1, -0.05) is 36.0 Å². The Morgan fingerprint density at radius 1 is 1.09 bits per heavy atom. The second-order valence-electron chi connectivity index (χ2n) is 6.95. The van der Waals surface area contributed by atoms with Crippen molar-refractivity contribution in [2.24, 2.45) is 0 Å². The van der Waals surface area contributed by atoms with E-state index in [0.29, 0.717) is 30.2 Å². The normalized spacial score (nSPS) is 10.8. The topological polar surface area (TPSA) is 79.4 Å². The standard InChI is InChI=1S/C24H23N3O4S/c1-17(28)21-10-3-4-11-22(21)31-13-14-32-24-26-25-23(18-7-5-8-19(15-18)29-2)27(24)16-20-9-6-12-30-20/h3-12,15H,13-14,16H2,1-2H3. The van der Waals surface area contributed by atoms with Gasteiger partial charge in [0.15, 0.2) is 16.8 Å². The van der Waals surface area contributed by atoms with Crippen LogP contribution >= 0.6 is 11.8 Å². The first kappa shape index (κ1) is 21.7. The minimum absolute atomic E-state index is 0.0191. The first-order valence-electron chi connectivity index (χ1n) is 10.1. The highest BCUT2D eigenvalue weighted by atomic mass is 32.2. The fourth-order valence-corrected chi connectivity index (χ4v) is 3.99. The number of thioether (sulfide) groups is 1. The van der Waals surface area contributed by atoms with Gasteiger partial charge in [0.1, 0.15) is 17.3 Å². The summed E-state index contributed by atoms with van der Waals surface area (Å²) in [6, 6.07) is 18.8. The maximum Gasteiger partial charge on any atom is 0.192 e. The summed E-state index contributed by atoms with van der Waals surface area (Å²) >= 11 is 1.53. The molecule has 0 N–H and O–H groups in total. The van der Waals surface area contributed by atoms with E-state index in [9.17, 15) is 4.79 Å². The van der Waals surface area contributed by atoms with E-state index in [1.807, 2.05) is 59.2 Å². The summed E-state index contributed by atoms with van der Waals surface area (Å²) < 4.78 is 18.8. The molecule has 164 valence electrons. The molecule has 0 atom stereocenters. The summed E-state index contributed by atoms with van der Waals surface area (Å²) in [6.45, 7) is 2.47. The third kappa shape index (κ3) is 5.03. The molecule has 0 saturated heterocycles. The molecular weight excluding hydrogens is 426 g/mol. The van der Waals surface area contributed by atoms with Crippen LogP contribution in [0, 0.1) is 0 Å². The van der Waals surface area contributed by atoms with Gasteiger partial charge in [-0.15, -0.1) is 10.2 Å². The zero-order chi connectivity index (χ0) is 22.3. The number of hydrogen-bond acceptors (Lipinski definition) is 7. The molecular formula is C24H23N3O4S. The molecule has 4 rings (SSSR count). The van der Waals surface area contributed by atoms with Gasteiger partial charge in [0.25, 0.3) is 0 Å². The van der Waals surface area contributed by atoms with Crippen molar-refractivity contribution >= 4 is 17.5 Å². The molecule has 0 fully saturated rings. The van der Waals surface area contributed by atoms with Crippen molar-refractivity contribution in [2.45, 2.75) is 18.6 Å². The quantitative estimate of drug-likeness (QED) is 0.192. The number of methoxy groups -OCH3 is 1. The largest absolute Gasteiger partial charge is 0.497 e. The number of aromatic nitrogens is 3. The number of ether oxygens (including phenoxy) is 2. The highest BCUT2D eigenvalue weighted by Crippen LogP contribution is 2.28. The van der Waals surface area contributed by atoms with Crippen LogP contribution in [0.2, 0.25) is 0 Å². The van der Waals surface area contributed by atoms with Crippen LogP contribution in [0.3, 0.4) is 0 Å². The van der Waals surface area contributed by atoms with Gasteiger partial charge < -0.3 is 13.9 Å². The molecule has 0 radical (unpaired) electrons. The van der Waals surface area contributed by atoms with Gasteiger partial charge in [-0.25, -0.2) is 0 Å². The Bertz CT molecular complexity index is 1190. The molecule has 4 aromatic rings. The molecule has 32 heavy (non-hydrogen) atoms. The van der Waals surface area contributed by atoms with Crippen molar-refractivity contribution < 1.29 is 18.7 Å². The van der Waals surface area contributed by atoms with Crippen LogP contribution in [0.1, 0.15) is 23.0 Å². The maximum atomic E-state index is 11.8. The van der Waals surface area contributed by atoms with Crippen molar-refractivity contribution in [3.05, 3.63) is 78.3 Å². The van der Waals surface area contributed by atoms with E-state index in [1.165, 1.54) is 18.7 Å². The van der Waals surface area contributed by atoms with Crippen LogP contribution in [0.15, 0.2) is 76.5 Å². The maximum absolute atomic E-state index is 11.8. The highest BCUT2D eigenvalue weighted by Gasteiger charge is 2.17. The number of benzene rings is 2. The van der Waals surface area contributed by atoms with Crippen molar-refractivity contribution in [1.29, 1.82) is 0 Å². The van der Waals surface area contributed by atoms with Crippen molar-refractivity contribution in [3.8, 4) is 22.9 Å². The number of rotatable bonds is 10. The van der Waals surface area contributed by atoms with Gasteiger partial charge in [0.2, 0.25) is 0 Å². The number of hydrogen-bond donors (Lipinski definition) is 0. The molecule has 0 spiro atoms. The minimum atomic E-state index is -0.0191. The third-order valence-electron chi connectivity index (χ3n) is 4.78. The van der Waals surface area contributed by atoms with E-state index in [2.05, 4.69) is 10.2 Å². The van der Waals surface area contributed by atoms with Gasteiger partial charge in [-0.2, -0.15) is 0 Å². The van der Waals surface area contributed by atoms with Gasteiger partial charge >= 0.3 is 0 Å². The SMILES string of the molecule is COc1cccc(-c2nnc(SCCOc3ccccc3C(C)=O)n2Cc2ccco2)c1. The molecule has 8 heteroatoms. The summed E-state index contributed by atoms with van der Waals surface area (Å²) in [5, 5.41) is 9.58. The van der Waals surface area contributed by atoms with E-state index in [1.54, 1.807) is 19.4 Å². The van der Waals surface area contributed by atoms with Crippen LogP contribution in [0.25, 0.3) is 11.4 Å². The zero-order valence-corrected chi connectivity index (χ0v) is 18.7. The molecule has 0 amide bonds. The van der Waals surface area contributed by atoms with Crippen LogP contribution in [-0.4, -0.2) is 40.0 Å². The van der Waals surface area contributed by atoms with Crippen molar-refractivity contribution in [2.75, 3.05) is 19.5 Å². The summed E-state index contributed by atoms with van der Waals surface area (Å²) in [5.41, 5.74) is 1.49. The Kier molecular flexibility index (Phi) is 6.91. The molecule has 2 heterocycles. The monoisotopic (exact) mass is 449 g/mol. The first-order valence-corrected chi connectivity index (χ1v) is 11.1. The lowest BCUT2D eigenvalue weighted by Crippen LogP contribution is -2.07. The van der Waals surface area contributed by atoms with Gasteiger partial charge in [0.05, 0.1) is 32.1 Å². The molecule has 2 aromatic carbocycles. The van der Waals surface area contributed by atoms with Gasteiger partial charge in [-0.3, -0.25) is 9.36 Å². The van der Waals surface area contributed by atoms with Crippen molar-refractivity contribution in [3.63, 3.8) is 0 Å².